The van der Waals surface area contributed by atoms with Gasteiger partial charge in [-0.1, -0.05) is 48.7 Å². The summed E-state index contributed by atoms with van der Waals surface area (Å²) in [4.78, 5) is 43.8. The number of carboxylic acids is 2. The Labute approximate surface area is 252 Å². The number of rotatable bonds is 5. The Morgan fingerprint density at radius 3 is 2.07 bits per heavy atom. The molecule has 3 aromatic rings. The topological polar surface area (TPSA) is 129 Å². The van der Waals surface area contributed by atoms with Gasteiger partial charge in [-0.25, -0.2) is 9.78 Å². The average Bonchev–Trinajstić information content (AvgIpc) is 3.57. The minimum absolute atomic E-state index is 0. The Balaban J connectivity index is 0.00000387. The molecule has 0 unspecified atom stereocenters. The van der Waals surface area contributed by atoms with Crippen molar-refractivity contribution in [3.63, 3.8) is 0 Å². The van der Waals surface area contributed by atoms with E-state index in [-0.39, 0.29) is 43.3 Å². The molecular formula is C32H34N4O4Zn. The van der Waals surface area contributed by atoms with Gasteiger partial charge in [0.2, 0.25) is 0 Å². The first-order valence-electron chi connectivity index (χ1n) is 13.7. The molecule has 9 heteroatoms. The molecule has 8 nitrogen and oxygen atoms in total. The maximum atomic E-state index is 12.5. The minimum Gasteiger partial charge on any atom is -0.657 e. The SMILES string of the molecule is CCC1=C(C)c2cc3[n-]c(cc4nc(c(C)c5[n-]c(cc1n2)c(C)c5C(=O)O)[C@@H](CCC(=O)O)[C@@H]4C)c(C)c3C.[Zn+2]. The molecule has 2 N–H and O–H groups in total. The molecule has 3 aromatic heterocycles. The van der Waals surface area contributed by atoms with Crippen LogP contribution in [0.3, 0.4) is 0 Å². The second-order valence-electron chi connectivity index (χ2n) is 10.9. The Hall–Kier alpha value is -3.58. The molecule has 0 aromatic carbocycles. The van der Waals surface area contributed by atoms with Crippen molar-refractivity contribution in [3.8, 4) is 0 Å². The van der Waals surface area contributed by atoms with Gasteiger partial charge in [0, 0.05) is 35.2 Å². The van der Waals surface area contributed by atoms with E-state index in [1.807, 2.05) is 39.0 Å². The predicted octanol–water partition coefficient (Wildman–Crippen LogP) is 6.60. The van der Waals surface area contributed by atoms with E-state index in [2.05, 4.69) is 20.8 Å². The number of nitrogens with zero attached hydrogens (tertiary/aromatic N) is 4. The number of aromatic nitrogens is 4. The van der Waals surface area contributed by atoms with Crippen LogP contribution in [0.4, 0.5) is 0 Å². The molecule has 0 fully saturated rings. The van der Waals surface area contributed by atoms with Crippen LogP contribution in [0.5, 0.6) is 0 Å². The van der Waals surface area contributed by atoms with Crippen LogP contribution in [0.1, 0.15) is 107 Å². The third-order valence-corrected chi connectivity index (χ3v) is 8.67. The molecule has 0 saturated heterocycles. The molecule has 5 rings (SSSR count). The first kappa shape index (κ1) is 30.4. The largest absolute Gasteiger partial charge is 2.00 e. The molecule has 0 spiro atoms. The van der Waals surface area contributed by atoms with Crippen molar-refractivity contribution in [3.05, 3.63) is 68.8 Å². The second kappa shape index (κ2) is 11.4. The zero-order valence-electron chi connectivity index (χ0n) is 24.7. The summed E-state index contributed by atoms with van der Waals surface area (Å²) in [7, 11) is 0. The zero-order valence-corrected chi connectivity index (χ0v) is 27.7. The van der Waals surface area contributed by atoms with E-state index in [1.54, 1.807) is 6.92 Å². The minimum atomic E-state index is -1.06. The molecule has 2 aliphatic heterocycles. The van der Waals surface area contributed by atoms with Crippen molar-refractivity contribution >= 4 is 45.2 Å². The van der Waals surface area contributed by atoms with E-state index in [0.29, 0.717) is 34.3 Å². The number of carboxylic acid groups (broad SMARTS) is 2. The third kappa shape index (κ3) is 5.16. The number of hydrogen-bond donors (Lipinski definition) is 2. The molecule has 2 atom stereocenters. The first-order valence-corrected chi connectivity index (χ1v) is 13.7. The van der Waals surface area contributed by atoms with Gasteiger partial charge in [0.25, 0.3) is 0 Å². The normalized spacial score (nSPS) is 16.6. The fourth-order valence-corrected chi connectivity index (χ4v) is 6.01. The van der Waals surface area contributed by atoms with Crippen molar-refractivity contribution < 1.29 is 39.3 Å². The molecule has 0 saturated carbocycles. The maximum absolute atomic E-state index is 12.5. The summed E-state index contributed by atoms with van der Waals surface area (Å²) in [5.74, 6) is -2.21. The van der Waals surface area contributed by atoms with Gasteiger partial charge in [0.1, 0.15) is 0 Å². The van der Waals surface area contributed by atoms with Crippen molar-refractivity contribution in [2.24, 2.45) is 0 Å². The van der Waals surface area contributed by atoms with Gasteiger partial charge in [0.05, 0.1) is 11.4 Å². The smallest absolute Gasteiger partial charge is 0.657 e. The van der Waals surface area contributed by atoms with Crippen molar-refractivity contribution in [2.75, 3.05) is 0 Å². The third-order valence-electron chi connectivity index (χ3n) is 8.67. The van der Waals surface area contributed by atoms with Gasteiger partial charge in [0.15, 0.2) is 0 Å². The summed E-state index contributed by atoms with van der Waals surface area (Å²) in [5.41, 5.74) is 11.3. The van der Waals surface area contributed by atoms with E-state index in [1.165, 1.54) is 0 Å². The summed E-state index contributed by atoms with van der Waals surface area (Å²) in [6, 6.07) is 5.88. The van der Waals surface area contributed by atoms with E-state index in [4.69, 9.17) is 19.9 Å². The number of carbonyl (C=O) groups is 2. The van der Waals surface area contributed by atoms with Crippen LogP contribution in [-0.4, -0.2) is 32.1 Å². The van der Waals surface area contributed by atoms with E-state index in [0.717, 1.165) is 56.8 Å². The van der Waals surface area contributed by atoms with Gasteiger partial charge in [-0.2, -0.15) is 0 Å². The van der Waals surface area contributed by atoms with Gasteiger partial charge in [-0.05, 0) is 64.2 Å². The van der Waals surface area contributed by atoms with Gasteiger partial charge in [-0.3, -0.25) is 9.78 Å². The molecule has 0 amide bonds. The molecule has 0 radical (unpaired) electrons. The summed E-state index contributed by atoms with van der Waals surface area (Å²) < 4.78 is 0. The van der Waals surface area contributed by atoms with E-state index in [9.17, 15) is 19.8 Å². The number of aryl methyl sites for hydroxylation is 4. The van der Waals surface area contributed by atoms with Crippen molar-refractivity contribution in [2.45, 2.75) is 79.6 Å². The molecule has 5 heterocycles. The average molecular weight is 604 g/mol. The monoisotopic (exact) mass is 602 g/mol. The number of aromatic carboxylic acids is 1. The molecule has 208 valence electrons. The van der Waals surface area contributed by atoms with Crippen molar-refractivity contribution in [1.29, 1.82) is 0 Å². The second-order valence-corrected chi connectivity index (χ2v) is 10.9. The molecule has 41 heavy (non-hydrogen) atoms. The van der Waals surface area contributed by atoms with Gasteiger partial charge >= 0.3 is 31.4 Å². The first-order chi connectivity index (χ1) is 18.9. The molecular weight excluding hydrogens is 570 g/mol. The van der Waals surface area contributed by atoms with Gasteiger partial charge in [-0.15, -0.1) is 22.1 Å². The van der Waals surface area contributed by atoms with Crippen LogP contribution >= 0.6 is 0 Å². The predicted molar refractivity (Wildman–Crippen MR) is 156 cm³/mol. The summed E-state index contributed by atoms with van der Waals surface area (Å²) in [5, 5.41) is 19.7. The Morgan fingerprint density at radius 2 is 1.46 bits per heavy atom. The van der Waals surface area contributed by atoms with E-state index < -0.39 is 11.9 Å². The van der Waals surface area contributed by atoms with Crippen LogP contribution in [0.25, 0.3) is 33.2 Å². The van der Waals surface area contributed by atoms with Crippen LogP contribution < -0.4 is 9.97 Å². The van der Waals surface area contributed by atoms with Crippen molar-refractivity contribution in [1.82, 2.24) is 19.9 Å². The maximum Gasteiger partial charge on any atom is 2.00 e. The number of aliphatic carboxylic acids is 1. The summed E-state index contributed by atoms with van der Waals surface area (Å²) in [6.45, 7) is 13.9. The Kier molecular flexibility index (Phi) is 8.42. The molecule has 2 aliphatic rings. The Morgan fingerprint density at radius 1 is 0.854 bits per heavy atom. The molecule has 0 aliphatic carbocycles. The van der Waals surface area contributed by atoms with E-state index >= 15 is 0 Å². The number of fused-ring (bicyclic) bond motifs is 8. The fourth-order valence-electron chi connectivity index (χ4n) is 6.01. The van der Waals surface area contributed by atoms with Crippen LogP contribution in [0.15, 0.2) is 18.2 Å². The summed E-state index contributed by atoms with van der Waals surface area (Å²) in [6.07, 6.45) is 1.14. The molecule has 8 bridgehead atoms. The summed E-state index contributed by atoms with van der Waals surface area (Å²) >= 11 is 0. The number of hydrogen-bond acceptors (Lipinski definition) is 4. The van der Waals surface area contributed by atoms with Crippen LogP contribution in [-0.2, 0) is 24.3 Å². The number of allylic oxidation sites excluding steroid dienone is 2. The van der Waals surface area contributed by atoms with Crippen LogP contribution in [0, 0.1) is 27.7 Å². The Bertz CT molecular complexity index is 1780. The fraction of sp³-hybridized carbons (Fsp3) is 0.375. The zero-order chi connectivity index (χ0) is 29.0. The quantitative estimate of drug-likeness (QED) is 0.312. The standard InChI is InChI=1S/C32H36N4O4.Zn/c1-8-20-16(4)24-11-22-14(2)15(3)23(33-22)12-25-17(5)21(9-10-28(37)38)30(35-25)19(7)31-29(32(39)40)18(6)26(36-31)13-27(20)34-24;/h11-13,17,21H,8-10H2,1-7H3,(H4,33,34,35,36,37,38,39,40);/q;+2/p-2/t17-,21-;/m0./s1. The van der Waals surface area contributed by atoms with Crippen LogP contribution in [0.2, 0.25) is 0 Å². The van der Waals surface area contributed by atoms with Gasteiger partial charge < -0.3 is 20.2 Å².